The number of aliphatic carboxylic acids is 1. The molecule has 0 aliphatic carbocycles. The third kappa shape index (κ3) is 6.78. The molecule has 6 nitrogen and oxygen atoms in total. The number of carbonyl (C=O) groups is 3. The van der Waals surface area contributed by atoms with Gasteiger partial charge in [0.1, 0.15) is 5.69 Å². The molecule has 0 radical (unpaired) electrons. The Hall–Kier alpha value is -3.71. The first-order valence-corrected chi connectivity index (χ1v) is 12.7. The molecule has 0 atom stereocenters. The van der Waals surface area contributed by atoms with Gasteiger partial charge in [0.2, 0.25) is 0 Å². The molecule has 0 saturated heterocycles. The van der Waals surface area contributed by atoms with E-state index in [1.165, 1.54) is 6.20 Å². The molecule has 4 rings (SSSR count). The summed E-state index contributed by atoms with van der Waals surface area (Å²) in [5, 5.41) is 13.2. The summed E-state index contributed by atoms with van der Waals surface area (Å²) in [6, 6.07) is 20.7. The number of anilines is 1. The number of hydrogen-bond donors (Lipinski definition) is 2. The second-order valence-electron chi connectivity index (χ2n) is 8.45. The maximum Gasteiger partial charge on any atom is 0.303 e. The monoisotopic (exact) mass is 566 g/mol. The number of halogens is 3. The van der Waals surface area contributed by atoms with E-state index in [-0.39, 0.29) is 36.6 Å². The van der Waals surface area contributed by atoms with Gasteiger partial charge in [-0.3, -0.25) is 19.4 Å². The van der Waals surface area contributed by atoms with Crippen molar-refractivity contribution in [3.05, 3.63) is 105 Å². The Morgan fingerprint density at radius 3 is 2.11 bits per heavy atom. The normalized spacial score (nSPS) is 10.7. The van der Waals surface area contributed by atoms with Crippen LogP contribution in [-0.4, -0.2) is 27.8 Å². The highest BCUT2D eigenvalue weighted by molar-refractivity contribution is 6.36. The van der Waals surface area contributed by atoms with Crippen LogP contribution >= 0.6 is 34.8 Å². The van der Waals surface area contributed by atoms with Crippen LogP contribution in [0.5, 0.6) is 0 Å². The van der Waals surface area contributed by atoms with Crippen molar-refractivity contribution in [2.24, 2.45) is 0 Å². The summed E-state index contributed by atoms with van der Waals surface area (Å²) < 4.78 is 0. The number of amides is 1. The minimum Gasteiger partial charge on any atom is -0.481 e. The van der Waals surface area contributed by atoms with Gasteiger partial charge in [0.25, 0.3) is 5.91 Å². The van der Waals surface area contributed by atoms with Crippen LogP contribution in [0.15, 0.2) is 79.0 Å². The van der Waals surface area contributed by atoms with Crippen LogP contribution in [0.3, 0.4) is 0 Å². The van der Waals surface area contributed by atoms with E-state index in [0.717, 1.165) is 11.1 Å². The van der Waals surface area contributed by atoms with Crippen LogP contribution in [0, 0.1) is 0 Å². The fourth-order valence-electron chi connectivity index (χ4n) is 3.85. The molecule has 192 valence electrons. The molecular formula is C29H21Cl3N2O4. The van der Waals surface area contributed by atoms with E-state index in [2.05, 4.69) is 10.3 Å². The Balaban J connectivity index is 1.51. The number of carboxylic acids is 1. The summed E-state index contributed by atoms with van der Waals surface area (Å²) in [5.41, 5.74) is 4.05. The average molecular weight is 568 g/mol. The van der Waals surface area contributed by atoms with Gasteiger partial charge in [0, 0.05) is 56.5 Å². The standard InChI is InChI=1S/C29H21Cl3N2O4/c30-19-8-12-23(24(14-19)18-6-13-26(33-16-18)27(35)2-1-3-28(36)37)29(38)34-21-9-4-17(5-10-21)22-11-7-20(31)15-25(22)32/h4-16H,1-3H2,(H,34,38)(H,36,37). The van der Waals surface area contributed by atoms with Crippen molar-refractivity contribution in [2.45, 2.75) is 19.3 Å². The third-order valence-corrected chi connectivity index (χ3v) is 6.55. The Kier molecular flexibility index (Phi) is 8.79. The van der Waals surface area contributed by atoms with Crippen molar-refractivity contribution < 1.29 is 19.5 Å². The molecule has 0 bridgehead atoms. The van der Waals surface area contributed by atoms with E-state index in [0.29, 0.717) is 37.4 Å². The molecule has 0 unspecified atom stereocenters. The molecule has 1 heterocycles. The second-order valence-corrected chi connectivity index (χ2v) is 9.73. The predicted octanol–water partition coefficient (Wildman–Crippen LogP) is 8.07. The van der Waals surface area contributed by atoms with Crippen molar-refractivity contribution >= 4 is 58.1 Å². The Labute approximate surface area is 234 Å². The Morgan fingerprint density at radius 1 is 0.763 bits per heavy atom. The lowest BCUT2D eigenvalue weighted by atomic mass is 9.99. The van der Waals surface area contributed by atoms with Crippen LogP contribution in [0.4, 0.5) is 5.69 Å². The fraction of sp³-hybridized carbons (Fsp3) is 0.103. The second kappa shape index (κ2) is 12.2. The van der Waals surface area contributed by atoms with Crippen molar-refractivity contribution in [1.82, 2.24) is 4.98 Å². The zero-order valence-corrected chi connectivity index (χ0v) is 22.1. The maximum absolute atomic E-state index is 13.2. The van der Waals surface area contributed by atoms with Crippen LogP contribution in [0.25, 0.3) is 22.3 Å². The quantitative estimate of drug-likeness (QED) is 0.199. The third-order valence-electron chi connectivity index (χ3n) is 5.77. The first-order chi connectivity index (χ1) is 18.2. The van der Waals surface area contributed by atoms with Gasteiger partial charge in [0.15, 0.2) is 5.78 Å². The van der Waals surface area contributed by atoms with Gasteiger partial charge in [-0.25, -0.2) is 0 Å². The summed E-state index contributed by atoms with van der Waals surface area (Å²) in [4.78, 5) is 40.4. The van der Waals surface area contributed by atoms with E-state index in [1.807, 2.05) is 18.2 Å². The molecule has 0 spiro atoms. The summed E-state index contributed by atoms with van der Waals surface area (Å²) in [6.45, 7) is 0. The average Bonchev–Trinajstić information content (AvgIpc) is 2.89. The lowest BCUT2D eigenvalue weighted by Crippen LogP contribution is -2.13. The highest BCUT2D eigenvalue weighted by Crippen LogP contribution is 2.32. The minimum absolute atomic E-state index is 0.0809. The largest absolute Gasteiger partial charge is 0.481 e. The number of ketones is 1. The van der Waals surface area contributed by atoms with Crippen molar-refractivity contribution in [3.63, 3.8) is 0 Å². The molecule has 3 aromatic carbocycles. The van der Waals surface area contributed by atoms with Gasteiger partial charge in [-0.1, -0.05) is 59.1 Å². The zero-order valence-electron chi connectivity index (χ0n) is 19.9. The molecule has 38 heavy (non-hydrogen) atoms. The van der Waals surface area contributed by atoms with Gasteiger partial charge >= 0.3 is 5.97 Å². The molecule has 2 N–H and O–H groups in total. The SMILES string of the molecule is O=C(O)CCCC(=O)c1ccc(-c2cc(Cl)ccc2C(=O)Nc2ccc(-c3ccc(Cl)cc3Cl)cc2)cn1. The molecule has 0 saturated carbocycles. The van der Waals surface area contributed by atoms with E-state index >= 15 is 0 Å². The van der Waals surface area contributed by atoms with Crippen molar-refractivity contribution in [2.75, 3.05) is 5.32 Å². The minimum atomic E-state index is -0.949. The molecule has 9 heteroatoms. The summed E-state index contributed by atoms with van der Waals surface area (Å²) in [7, 11) is 0. The molecule has 0 aliphatic heterocycles. The van der Waals surface area contributed by atoms with Crippen LogP contribution in [-0.2, 0) is 4.79 Å². The predicted molar refractivity (Wildman–Crippen MR) is 150 cm³/mol. The van der Waals surface area contributed by atoms with Crippen molar-refractivity contribution in [1.29, 1.82) is 0 Å². The summed E-state index contributed by atoms with van der Waals surface area (Å²) in [6.07, 6.45) is 1.75. The Morgan fingerprint density at radius 2 is 1.45 bits per heavy atom. The number of rotatable bonds is 9. The summed E-state index contributed by atoms with van der Waals surface area (Å²) >= 11 is 18.5. The Bertz CT molecular complexity index is 1500. The molecule has 1 aromatic heterocycles. The van der Waals surface area contributed by atoms with Crippen LogP contribution in [0.2, 0.25) is 15.1 Å². The molecule has 4 aromatic rings. The van der Waals surface area contributed by atoms with Gasteiger partial charge in [-0.15, -0.1) is 0 Å². The lowest BCUT2D eigenvalue weighted by molar-refractivity contribution is -0.137. The number of nitrogens with one attached hydrogen (secondary N) is 1. The number of carboxylic acid groups (broad SMARTS) is 1. The number of benzene rings is 3. The van der Waals surface area contributed by atoms with Crippen molar-refractivity contribution in [3.8, 4) is 22.3 Å². The first kappa shape index (κ1) is 27.3. The van der Waals surface area contributed by atoms with Gasteiger partial charge < -0.3 is 10.4 Å². The number of carbonyl (C=O) groups excluding carboxylic acids is 2. The molecule has 1 amide bonds. The number of aromatic nitrogens is 1. The highest BCUT2D eigenvalue weighted by atomic mass is 35.5. The van der Waals surface area contributed by atoms with E-state index in [1.54, 1.807) is 54.6 Å². The zero-order chi connectivity index (χ0) is 27.2. The number of nitrogens with zero attached hydrogens (tertiary/aromatic N) is 1. The fourth-order valence-corrected chi connectivity index (χ4v) is 4.54. The van der Waals surface area contributed by atoms with Gasteiger partial charge in [-0.2, -0.15) is 0 Å². The number of hydrogen-bond acceptors (Lipinski definition) is 4. The summed E-state index contributed by atoms with van der Waals surface area (Å²) in [5.74, 6) is -1.54. The van der Waals surface area contributed by atoms with E-state index < -0.39 is 5.97 Å². The maximum atomic E-state index is 13.2. The molecule has 0 aliphatic rings. The first-order valence-electron chi connectivity index (χ1n) is 11.6. The highest BCUT2D eigenvalue weighted by Gasteiger charge is 2.16. The number of Topliss-reactive ketones (excluding diaryl/α,β-unsaturated/α-hetero) is 1. The molecule has 0 fully saturated rings. The number of pyridine rings is 1. The molecular weight excluding hydrogens is 547 g/mol. The lowest BCUT2D eigenvalue weighted by Gasteiger charge is -2.12. The van der Waals surface area contributed by atoms with E-state index in [9.17, 15) is 14.4 Å². The van der Waals surface area contributed by atoms with Gasteiger partial charge in [0.05, 0.1) is 0 Å². The van der Waals surface area contributed by atoms with Crippen LogP contribution in [0.1, 0.15) is 40.1 Å². The van der Waals surface area contributed by atoms with Gasteiger partial charge in [-0.05, 0) is 66.1 Å². The van der Waals surface area contributed by atoms with E-state index in [4.69, 9.17) is 39.9 Å². The topological polar surface area (TPSA) is 96.4 Å². The van der Waals surface area contributed by atoms with Crippen LogP contribution < -0.4 is 5.32 Å². The smallest absolute Gasteiger partial charge is 0.303 e.